The van der Waals surface area contributed by atoms with E-state index in [2.05, 4.69) is 33.9 Å². The highest BCUT2D eigenvalue weighted by atomic mass is 16.5. The van der Waals surface area contributed by atoms with Crippen LogP contribution in [-0.4, -0.2) is 72.1 Å². The number of hydrogen-bond acceptors (Lipinski definition) is 6. The molecular formula is C14H22N4O3. The minimum absolute atomic E-state index is 0.0466. The first kappa shape index (κ1) is 15.7. The zero-order valence-corrected chi connectivity index (χ0v) is 12.8. The number of aromatic amines is 1. The van der Waals surface area contributed by atoms with E-state index in [-0.39, 0.29) is 12.2 Å². The van der Waals surface area contributed by atoms with Crippen LogP contribution in [0.2, 0.25) is 0 Å². The Hall–Kier alpha value is -1.73. The first-order chi connectivity index (χ1) is 10.0. The molecule has 0 spiro atoms. The second-order valence-electron chi connectivity index (χ2n) is 5.39. The maximum absolute atomic E-state index is 11.9. The van der Waals surface area contributed by atoms with Gasteiger partial charge in [0, 0.05) is 38.3 Å². The molecule has 0 aromatic carbocycles. The summed E-state index contributed by atoms with van der Waals surface area (Å²) in [5, 5.41) is 0. The number of aromatic nitrogens is 2. The number of rotatable bonds is 4. The summed E-state index contributed by atoms with van der Waals surface area (Å²) >= 11 is 0. The van der Waals surface area contributed by atoms with Crippen molar-refractivity contribution in [3.8, 4) is 0 Å². The fourth-order valence-electron chi connectivity index (χ4n) is 2.43. The van der Waals surface area contributed by atoms with Crippen LogP contribution < -0.4 is 5.56 Å². The van der Waals surface area contributed by atoms with E-state index in [4.69, 9.17) is 4.74 Å². The Morgan fingerprint density at radius 3 is 2.90 bits per heavy atom. The molecule has 7 heteroatoms. The molecule has 0 bridgehead atoms. The number of esters is 1. The van der Waals surface area contributed by atoms with E-state index in [1.54, 1.807) is 6.92 Å². The van der Waals surface area contributed by atoms with Crippen LogP contribution in [0.4, 0.5) is 0 Å². The molecule has 116 valence electrons. The Balaban J connectivity index is 2.09. The third-order valence-electron chi connectivity index (χ3n) is 3.76. The number of likely N-dealkylation sites (N-methyl/N-ethyl adjacent to an activating group) is 2. The third-order valence-corrected chi connectivity index (χ3v) is 3.76. The standard InChI is InChI=1S/C14H22N4O3/c1-4-21-14(20)11-8-15-12(16-13(11)19)7-10-9-17(2)5-6-18(10)3/h8,10H,4-7,9H2,1-3H3,(H,15,16,19). The molecule has 1 fully saturated rings. The summed E-state index contributed by atoms with van der Waals surface area (Å²) < 4.78 is 4.82. The lowest BCUT2D eigenvalue weighted by molar-refractivity contribution is 0.0523. The minimum Gasteiger partial charge on any atom is -0.462 e. The lowest BCUT2D eigenvalue weighted by Crippen LogP contribution is -2.51. The summed E-state index contributed by atoms with van der Waals surface area (Å²) in [5.41, 5.74) is -0.486. The van der Waals surface area contributed by atoms with Gasteiger partial charge in [-0.05, 0) is 21.0 Å². The number of carbonyl (C=O) groups is 1. The quantitative estimate of drug-likeness (QED) is 0.771. The SMILES string of the molecule is CCOC(=O)c1cnc(CC2CN(C)CCN2C)[nH]c1=O. The van der Waals surface area contributed by atoms with Gasteiger partial charge in [-0.15, -0.1) is 0 Å². The van der Waals surface area contributed by atoms with Gasteiger partial charge in [-0.2, -0.15) is 0 Å². The average molecular weight is 294 g/mol. The maximum atomic E-state index is 11.9. The van der Waals surface area contributed by atoms with E-state index >= 15 is 0 Å². The third kappa shape index (κ3) is 3.89. The van der Waals surface area contributed by atoms with Gasteiger partial charge in [0.05, 0.1) is 6.61 Å². The van der Waals surface area contributed by atoms with Gasteiger partial charge in [-0.25, -0.2) is 9.78 Å². The van der Waals surface area contributed by atoms with Crippen molar-refractivity contribution in [3.63, 3.8) is 0 Å². The van der Waals surface area contributed by atoms with E-state index < -0.39 is 11.5 Å². The van der Waals surface area contributed by atoms with Gasteiger partial charge in [0.2, 0.25) is 0 Å². The molecule has 1 aromatic heterocycles. The molecular weight excluding hydrogens is 272 g/mol. The molecule has 1 unspecified atom stereocenters. The summed E-state index contributed by atoms with van der Waals surface area (Å²) in [5.74, 6) is -0.0347. The van der Waals surface area contributed by atoms with E-state index in [0.717, 1.165) is 19.6 Å². The Bertz CT molecular complexity index is 557. The van der Waals surface area contributed by atoms with Crippen molar-refractivity contribution in [3.05, 3.63) is 27.9 Å². The number of piperazine rings is 1. The normalized spacial score (nSPS) is 20.4. The summed E-state index contributed by atoms with van der Waals surface area (Å²) in [6.45, 7) is 4.90. The predicted molar refractivity (Wildman–Crippen MR) is 78.4 cm³/mol. The van der Waals surface area contributed by atoms with Crippen LogP contribution >= 0.6 is 0 Å². The molecule has 1 N–H and O–H groups in total. The average Bonchev–Trinajstić information content (AvgIpc) is 2.43. The highest BCUT2D eigenvalue weighted by Crippen LogP contribution is 2.09. The number of nitrogens with one attached hydrogen (secondary N) is 1. The van der Waals surface area contributed by atoms with Crippen LogP contribution in [0.15, 0.2) is 11.0 Å². The fourth-order valence-corrected chi connectivity index (χ4v) is 2.43. The lowest BCUT2D eigenvalue weighted by atomic mass is 10.1. The highest BCUT2D eigenvalue weighted by Gasteiger charge is 2.23. The first-order valence-electron chi connectivity index (χ1n) is 7.15. The van der Waals surface area contributed by atoms with E-state index in [1.165, 1.54) is 6.20 Å². The van der Waals surface area contributed by atoms with Gasteiger partial charge in [0.25, 0.3) is 5.56 Å². The van der Waals surface area contributed by atoms with Crippen molar-refractivity contribution < 1.29 is 9.53 Å². The van der Waals surface area contributed by atoms with Crippen molar-refractivity contribution in [2.24, 2.45) is 0 Å². The van der Waals surface area contributed by atoms with Crippen molar-refractivity contribution in [2.45, 2.75) is 19.4 Å². The Labute approximate surface area is 123 Å². The smallest absolute Gasteiger partial charge is 0.345 e. The van der Waals surface area contributed by atoms with Crippen LogP contribution in [0.1, 0.15) is 23.1 Å². The zero-order chi connectivity index (χ0) is 15.4. The van der Waals surface area contributed by atoms with E-state index in [0.29, 0.717) is 18.3 Å². The van der Waals surface area contributed by atoms with Crippen molar-refractivity contribution >= 4 is 5.97 Å². The molecule has 1 aromatic rings. The highest BCUT2D eigenvalue weighted by molar-refractivity contribution is 5.88. The molecule has 1 atom stereocenters. The van der Waals surface area contributed by atoms with Gasteiger partial charge in [0.15, 0.2) is 0 Å². The van der Waals surface area contributed by atoms with Crippen LogP contribution in [0, 0.1) is 0 Å². The molecule has 1 aliphatic heterocycles. The molecule has 2 rings (SSSR count). The molecule has 1 aliphatic rings. The van der Waals surface area contributed by atoms with Crippen LogP contribution in [0.25, 0.3) is 0 Å². The number of nitrogens with zero attached hydrogens (tertiary/aromatic N) is 3. The van der Waals surface area contributed by atoms with Crippen molar-refractivity contribution in [2.75, 3.05) is 40.3 Å². The van der Waals surface area contributed by atoms with Crippen LogP contribution in [-0.2, 0) is 11.2 Å². The topological polar surface area (TPSA) is 78.5 Å². The van der Waals surface area contributed by atoms with Crippen LogP contribution in [0.5, 0.6) is 0 Å². The van der Waals surface area contributed by atoms with E-state index in [1.807, 2.05) is 0 Å². The number of ether oxygens (including phenoxy) is 1. The monoisotopic (exact) mass is 294 g/mol. The number of carbonyl (C=O) groups excluding carboxylic acids is 1. The molecule has 0 radical (unpaired) electrons. The second kappa shape index (κ2) is 6.82. The molecule has 0 amide bonds. The van der Waals surface area contributed by atoms with Crippen molar-refractivity contribution in [1.29, 1.82) is 0 Å². The Kier molecular flexibility index (Phi) is 5.08. The van der Waals surface area contributed by atoms with Gasteiger partial charge < -0.3 is 19.5 Å². The fraction of sp³-hybridized carbons (Fsp3) is 0.643. The van der Waals surface area contributed by atoms with Crippen LogP contribution in [0.3, 0.4) is 0 Å². The zero-order valence-electron chi connectivity index (χ0n) is 12.8. The van der Waals surface area contributed by atoms with Gasteiger partial charge >= 0.3 is 5.97 Å². The minimum atomic E-state index is -0.632. The number of hydrogen-bond donors (Lipinski definition) is 1. The first-order valence-corrected chi connectivity index (χ1v) is 7.15. The molecule has 7 nitrogen and oxygen atoms in total. The van der Waals surface area contributed by atoms with Gasteiger partial charge in [-0.1, -0.05) is 0 Å². The summed E-state index contributed by atoms with van der Waals surface area (Å²) in [6, 6.07) is 0.306. The summed E-state index contributed by atoms with van der Waals surface area (Å²) in [6.07, 6.45) is 1.96. The molecule has 21 heavy (non-hydrogen) atoms. The van der Waals surface area contributed by atoms with E-state index in [9.17, 15) is 9.59 Å². The second-order valence-corrected chi connectivity index (χ2v) is 5.39. The van der Waals surface area contributed by atoms with Crippen molar-refractivity contribution in [1.82, 2.24) is 19.8 Å². The Morgan fingerprint density at radius 1 is 1.48 bits per heavy atom. The summed E-state index contributed by atoms with van der Waals surface area (Å²) in [4.78, 5) is 34.9. The molecule has 2 heterocycles. The Morgan fingerprint density at radius 2 is 2.24 bits per heavy atom. The summed E-state index contributed by atoms with van der Waals surface area (Å²) in [7, 11) is 4.16. The van der Waals surface area contributed by atoms with Gasteiger partial charge in [0.1, 0.15) is 11.4 Å². The predicted octanol–water partition coefficient (Wildman–Crippen LogP) is -0.265. The lowest BCUT2D eigenvalue weighted by Gasteiger charge is -2.37. The molecule has 1 saturated heterocycles. The maximum Gasteiger partial charge on any atom is 0.345 e. The molecule has 0 aliphatic carbocycles. The molecule has 0 saturated carbocycles. The van der Waals surface area contributed by atoms with Gasteiger partial charge in [-0.3, -0.25) is 4.79 Å². The largest absolute Gasteiger partial charge is 0.462 e. The number of H-pyrrole nitrogens is 1.